The van der Waals surface area contributed by atoms with Crippen molar-refractivity contribution in [2.24, 2.45) is 0 Å². The molecule has 1 saturated heterocycles. The smallest absolute Gasteiger partial charge is 0.228 e. The number of piperidine rings is 1. The lowest BCUT2D eigenvalue weighted by Gasteiger charge is -2.35. The molecular formula is C17H20FN3O. The van der Waals surface area contributed by atoms with Gasteiger partial charge in [0.05, 0.1) is 0 Å². The molecule has 0 radical (unpaired) electrons. The van der Waals surface area contributed by atoms with Crippen molar-refractivity contribution < 1.29 is 9.13 Å². The molecule has 1 unspecified atom stereocenters. The Bertz CT molecular complexity index is 618. The van der Waals surface area contributed by atoms with E-state index in [1.165, 1.54) is 31.4 Å². The van der Waals surface area contributed by atoms with Gasteiger partial charge in [-0.15, -0.1) is 0 Å². The third-order valence-electron chi connectivity index (χ3n) is 4.01. The van der Waals surface area contributed by atoms with Gasteiger partial charge in [-0.05, 0) is 49.9 Å². The van der Waals surface area contributed by atoms with Gasteiger partial charge in [0.1, 0.15) is 11.6 Å². The largest absolute Gasteiger partial charge is 0.439 e. The van der Waals surface area contributed by atoms with Gasteiger partial charge in [0.25, 0.3) is 0 Å². The summed E-state index contributed by atoms with van der Waals surface area (Å²) in [6, 6.07) is 8.14. The molecule has 1 aromatic heterocycles. The Morgan fingerprint density at radius 2 is 2.05 bits per heavy atom. The third kappa shape index (κ3) is 3.35. The SMILES string of the molecule is CCC1CCCCN1c1nccc(Oc2ccc(F)cc2)n1. The molecule has 1 fully saturated rings. The van der Waals surface area contributed by atoms with E-state index in [0.717, 1.165) is 13.0 Å². The molecule has 2 heterocycles. The summed E-state index contributed by atoms with van der Waals surface area (Å²) in [5.41, 5.74) is 0. The maximum atomic E-state index is 12.9. The van der Waals surface area contributed by atoms with E-state index < -0.39 is 0 Å². The maximum Gasteiger partial charge on any atom is 0.228 e. The molecule has 1 aromatic carbocycles. The van der Waals surface area contributed by atoms with Crippen LogP contribution in [0, 0.1) is 5.82 Å². The molecule has 3 rings (SSSR count). The van der Waals surface area contributed by atoms with Crippen LogP contribution in [-0.4, -0.2) is 22.6 Å². The molecule has 0 N–H and O–H groups in total. The fourth-order valence-corrected chi connectivity index (χ4v) is 2.84. The summed E-state index contributed by atoms with van der Waals surface area (Å²) in [6.07, 6.45) is 6.42. The summed E-state index contributed by atoms with van der Waals surface area (Å²) >= 11 is 0. The molecule has 0 amide bonds. The van der Waals surface area contributed by atoms with Crippen LogP contribution in [0.3, 0.4) is 0 Å². The van der Waals surface area contributed by atoms with Gasteiger partial charge in [0, 0.05) is 24.8 Å². The Balaban J connectivity index is 1.78. The Morgan fingerprint density at radius 3 is 2.82 bits per heavy atom. The highest BCUT2D eigenvalue weighted by molar-refractivity contribution is 5.36. The number of rotatable bonds is 4. The van der Waals surface area contributed by atoms with Gasteiger partial charge in [-0.1, -0.05) is 6.92 Å². The van der Waals surface area contributed by atoms with Crippen molar-refractivity contribution in [1.82, 2.24) is 9.97 Å². The van der Waals surface area contributed by atoms with E-state index >= 15 is 0 Å². The van der Waals surface area contributed by atoms with Crippen LogP contribution in [0.1, 0.15) is 32.6 Å². The van der Waals surface area contributed by atoms with Crippen molar-refractivity contribution >= 4 is 5.95 Å². The first-order valence-electron chi connectivity index (χ1n) is 7.79. The van der Waals surface area contributed by atoms with E-state index in [1.54, 1.807) is 24.4 Å². The predicted octanol–water partition coefficient (Wildman–Crippen LogP) is 4.18. The molecule has 0 bridgehead atoms. The summed E-state index contributed by atoms with van der Waals surface area (Å²) in [6.45, 7) is 3.18. The third-order valence-corrected chi connectivity index (χ3v) is 4.01. The number of benzene rings is 1. The zero-order chi connectivity index (χ0) is 15.4. The first-order valence-corrected chi connectivity index (χ1v) is 7.79. The second-order valence-electron chi connectivity index (χ2n) is 5.50. The van der Waals surface area contributed by atoms with E-state index in [0.29, 0.717) is 23.6 Å². The zero-order valence-corrected chi connectivity index (χ0v) is 12.7. The van der Waals surface area contributed by atoms with E-state index in [1.807, 2.05) is 0 Å². The molecule has 116 valence electrons. The number of aromatic nitrogens is 2. The Morgan fingerprint density at radius 1 is 1.23 bits per heavy atom. The molecule has 1 aliphatic rings. The fraction of sp³-hybridized carbons (Fsp3) is 0.412. The number of anilines is 1. The van der Waals surface area contributed by atoms with E-state index in [-0.39, 0.29) is 5.82 Å². The summed E-state index contributed by atoms with van der Waals surface area (Å²) in [4.78, 5) is 11.2. The van der Waals surface area contributed by atoms with Crippen molar-refractivity contribution in [3.8, 4) is 11.6 Å². The first kappa shape index (κ1) is 14.8. The van der Waals surface area contributed by atoms with Crippen molar-refractivity contribution in [3.05, 3.63) is 42.3 Å². The second kappa shape index (κ2) is 6.73. The lowest BCUT2D eigenvalue weighted by Crippen LogP contribution is -2.40. The highest BCUT2D eigenvalue weighted by Gasteiger charge is 2.23. The Kier molecular flexibility index (Phi) is 4.51. The maximum absolute atomic E-state index is 12.9. The van der Waals surface area contributed by atoms with Crippen molar-refractivity contribution in [2.45, 2.75) is 38.6 Å². The minimum Gasteiger partial charge on any atom is -0.439 e. The lowest BCUT2D eigenvalue weighted by atomic mass is 10.0. The van der Waals surface area contributed by atoms with E-state index in [9.17, 15) is 4.39 Å². The average molecular weight is 301 g/mol. The predicted molar refractivity (Wildman–Crippen MR) is 83.8 cm³/mol. The molecule has 5 heteroatoms. The van der Waals surface area contributed by atoms with E-state index in [2.05, 4.69) is 21.8 Å². The quantitative estimate of drug-likeness (QED) is 0.849. The molecular weight excluding hydrogens is 281 g/mol. The van der Waals surface area contributed by atoms with Crippen LogP contribution >= 0.6 is 0 Å². The van der Waals surface area contributed by atoms with Crippen molar-refractivity contribution in [1.29, 1.82) is 0 Å². The van der Waals surface area contributed by atoms with Gasteiger partial charge in [-0.2, -0.15) is 4.98 Å². The van der Waals surface area contributed by atoms with Gasteiger partial charge in [0.15, 0.2) is 0 Å². The number of hydrogen-bond acceptors (Lipinski definition) is 4. The molecule has 0 spiro atoms. The molecule has 1 atom stereocenters. The molecule has 4 nitrogen and oxygen atoms in total. The Labute approximate surface area is 130 Å². The number of nitrogens with zero attached hydrogens (tertiary/aromatic N) is 3. The normalized spacial score (nSPS) is 18.3. The second-order valence-corrected chi connectivity index (χ2v) is 5.50. The van der Waals surface area contributed by atoms with Crippen LogP contribution in [-0.2, 0) is 0 Å². The number of hydrogen-bond donors (Lipinski definition) is 0. The van der Waals surface area contributed by atoms with Crippen LogP contribution < -0.4 is 9.64 Å². The van der Waals surface area contributed by atoms with Gasteiger partial charge < -0.3 is 9.64 Å². The van der Waals surface area contributed by atoms with Gasteiger partial charge in [0.2, 0.25) is 11.8 Å². The zero-order valence-electron chi connectivity index (χ0n) is 12.7. The van der Waals surface area contributed by atoms with Crippen LogP contribution in [0.5, 0.6) is 11.6 Å². The molecule has 22 heavy (non-hydrogen) atoms. The topological polar surface area (TPSA) is 38.2 Å². The highest BCUT2D eigenvalue weighted by Crippen LogP contribution is 2.26. The van der Waals surface area contributed by atoms with Gasteiger partial charge >= 0.3 is 0 Å². The van der Waals surface area contributed by atoms with Crippen molar-refractivity contribution in [3.63, 3.8) is 0 Å². The minimum absolute atomic E-state index is 0.283. The summed E-state index contributed by atoms with van der Waals surface area (Å²) in [5.74, 6) is 1.48. The summed E-state index contributed by atoms with van der Waals surface area (Å²) in [7, 11) is 0. The lowest BCUT2D eigenvalue weighted by molar-refractivity contribution is 0.432. The van der Waals surface area contributed by atoms with E-state index in [4.69, 9.17) is 4.74 Å². The van der Waals surface area contributed by atoms with Crippen LogP contribution in [0.25, 0.3) is 0 Å². The minimum atomic E-state index is -0.283. The molecule has 1 aliphatic heterocycles. The Hall–Kier alpha value is -2.17. The molecule has 0 aliphatic carbocycles. The first-order chi connectivity index (χ1) is 10.8. The number of halogens is 1. The fourth-order valence-electron chi connectivity index (χ4n) is 2.84. The number of ether oxygens (including phenoxy) is 1. The monoisotopic (exact) mass is 301 g/mol. The van der Waals surface area contributed by atoms with Crippen LogP contribution in [0.15, 0.2) is 36.5 Å². The highest BCUT2D eigenvalue weighted by atomic mass is 19.1. The summed E-state index contributed by atoms with van der Waals surface area (Å²) in [5, 5.41) is 0. The molecule has 0 saturated carbocycles. The van der Waals surface area contributed by atoms with Gasteiger partial charge in [-0.25, -0.2) is 9.37 Å². The molecule has 2 aromatic rings. The van der Waals surface area contributed by atoms with Crippen LogP contribution in [0.2, 0.25) is 0 Å². The van der Waals surface area contributed by atoms with Crippen molar-refractivity contribution in [2.75, 3.05) is 11.4 Å². The van der Waals surface area contributed by atoms with Crippen LogP contribution in [0.4, 0.5) is 10.3 Å². The summed E-state index contributed by atoms with van der Waals surface area (Å²) < 4.78 is 18.6. The average Bonchev–Trinajstić information content (AvgIpc) is 2.57. The standard InChI is InChI=1S/C17H20FN3O/c1-2-14-5-3-4-12-21(14)17-19-11-10-16(20-17)22-15-8-6-13(18)7-9-15/h6-11,14H,2-5,12H2,1H3. The van der Waals surface area contributed by atoms with Gasteiger partial charge in [-0.3, -0.25) is 0 Å².